The van der Waals surface area contributed by atoms with Crippen molar-refractivity contribution in [2.24, 2.45) is 0 Å². The van der Waals surface area contributed by atoms with Gasteiger partial charge in [-0.25, -0.2) is 0 Å². The van der Waals surface area contributed by atoms with Crippen LogP contribution in [0.3, 0.4) is 0 Å². The maximum atomic E-state index is 2.24. The molecule has 11 heavy (non-hydrogen) atoms. The van der Waals surface area contributed by atoms with Crippen molar-refractivity contribution in [1.82, 2.24) is 0 Å². The summed E-state index contributed by atoms with van der Waals surface area (Å²) in [5.41, 5.74) is 5.84. The van der Waals surface area contributed by atoms with Crippen LogP contribution in [-0.2, 0) is 0 Å². The molecular formula is C11H16. The molecule has 0 heteroatoms. The van der Waals surface area contributed by atoms with E-state index in [-0.39, 0.29) is 0 Å². The van der Waals surface area contributed by atoms with Crippen molar-refractivity contribution >= 4 is 0 Å². The van der Waals surface area contributed by atoms with E-state index in [1.54, 1.807) is 0 Å². The van der Waals surface area contributed by atoms with Crippen molar-refractivity contribution in [3.8, 4) is 0 Å². The number of hydrogen-bond donors (Lipinski definition) is 0. The van der Waals surface area contributed by atoms with Crippen LogP contribution in [0.2, 0.25) is 0 Å². The van der Waals surface area contributed by atoms with Gasteiger partial charge in [0.1, 0.15) is 0 Å². The maximum absolute atomic E-state index is 2.24. The van der Waals surface area contributed by atoms with Gasteiger partial charge >= 0.3 is 0 Å². The number of allylic oxidation sites excluding steroid dienone is 6. The molecule has 0 fully saturated rings. The van der Waals surface area contributed by atoms with E-state index in [1.165, 1.54) is 22.3 Å². The molecule has 0 bridgehead atoms. The van der Waals surface area contributed by atoms with E-state index in [1.807, 2.05) is 0 Å². The van der Waals surface area contributed by atoms with Gasteiger partial charge in [-0.2, -0.15) is 0 Å². The van der Waals surface area contributed by atoms with Gasteiger partial charge in [-0.15, -0.1) is 0 Å². The summed E-state index contributed by atoms with van der Waals surface area (Å²) in [4.78, 5) is 0. The summed E-state index contributed by atoms with van der Waals surface area (Å²) in [5.74, 6) is 0. The lowest BCUT2D eigenvalue weighted by molar-refractivity contribution is 1.18. The van der Waals surface area contributed by atoms with Gasteiger partial charge < -0.3 is 0 Å². The van der Waals surface area contributed by atoms with Crippen LogP contribution in [0.1, 0.15) is 34.1 Å². The monoisotopic (exact) mass is 148 g/mol. The second-order valence-corrected chi connectivity index (χ2v) is 3.50. The van der Waals surface area contributed by atoms with E-state index in [4.69, 9.17) is 0 Å². The SMILES string of the molecule is CC(C)=C1C=CCC1=C(C)C. The van der Waals surface area contributed by atoms with Gasteiger partial charge in [0.2, 0.25) is 0 Å². The predicted molar refractivity (Wildman–Crippen MR) is 50.5 cm³/mol. The van der Waals surface area contributed by atoms with Crippen LogP contribution in [0.4, 0.5) is 0 Å². The highest BCUT2D eigenvalue weighted by atomic mass is 14.1. The molecule has 0 saturated carbocycles. The third kappa shape index (κ3) is 1.62. The third-order valence-electron chi connectivity index (χ3n) is 2.07. The highest BCUT2D eigenvalue weighted by Gasteiger charge is 2.09. The lowest BCUT2D eigenvalue weighted by Crippen LogP contribution is -1.85. The largest absolute Gasteiger partial charge is 0.0795 e. The van der Waals surface area contributed by atoms with E-state index in [9.17, 15) is 0 Å². The van der Waals surface area contributed by atoms with Crippen molar-refractivity contribution in [2.75, 3.05) is 0 Å². The highest BCUT2D eigenvalue weighted by molar-refractivity contribution is 5.50. The molecule has 1 aliphatic rings. The van der Waals surface area contributed by atoms with Gasteiger partial charge in [0.05, 0.1) is 0 Å². The summed E-state index contributed by atoms with van der Waals surface area (Å²) in [5, 5.41) is 0. The first-order valence-corrected chi connectivity index (χ1v) is 4.13. The van der Waals surface area contributed by atoms with Crippen LogP contribution in [0.5, 0.6) is 0 Å². The Hall–Kier alpha value is -0.780. The van der Waals surface area contributed by atoms with Gasteiger partial charge in [-0.05, 0) is 45.3 Å². The Morgan fingerprint density at radius 1 is 1.09 bits per heavy atom. The summed E-state index contributed by atoms with van der Waals surface area (Å²) < 4.78 is 0. The molecule has 0 atom stereocenters. The van der Waals surface area contributed by atoms with Crippen molar-refractivity contribution in [1.29, 1.82) is 0 Å². The first-order chi connectivity index (χ1) is 5.13. The third-order valence-corrected chi connectivity index (χ3v) is 2.07. The van der Waals surface area contributed by atoms with Gasteiger partial charge in [0.25, 0.3) is 0 Å². The molecule has 0 nitrogen and oxygen atoms in total. The number of hydrogen-bond acceptors (Lipinski definition) is 0. The Morgan fingerprint density at radius 3 is 2.09 bits per heavy atom. The van der Waals surface area contributed by atoms with Gasteiger partial charge in [-0.3, -0.25) is 0 Å². The van der Waals surface area contributed by atoms with Crippen molar-refractivity contribution in [2.45, 2.75) is 34.1 Å². The zero-order valence-corrected chi connectivity index (χ0v) is 7.86. The molecule has 0 N–H and O–H groups in total. The van der Waals surface area contributed by atoms with Gasteiger partial charge in [-0.1, -0.05) is 23.3 Å². The van der Waals surface area contributed by atoms with Crippen LogP contribution in [0.15, 0.2) is 34.4 Å². The Balaban J connectivity index is 3.09. The first-order valence-electron chi connectivity index (χ1n) is 4.13. The summed E-state index contributed by atoms with van der Waals surface area (Å²) in [6.07, 6.45) is 5.60. The highest BCUT2D eigenvalue weighted by Crippen LogP contribution is 2.28. The fourth-order valence-corrected chi connectivity index (χ4v) is 1.45. The normalized spacial score (nSPS) is 16.0. The molecule has 0 aliphatic heterocycles. The average Bonchev–Trinajstić information content (AvgIpc) is 2.32. The van der Waals surface area contributed by atoms with E-state index < -0.39 is 0 Å². The molecule has 0 amide bonds. The molecule has 0 saturated heterocycles. The first kappa shape index (κ1) is 8.32. The fraction of sp³-hybridized carbons (Fsp3) is 0.455. The lowest BCUT2D eigenvalue weighted by atomic mass is 10.0. The summed E-state index contributed by atoms with van der Waals surface area (Å²) in [6.45, 7) is 8.72. The van der Waals surface area contributed by atoms with Crippen LogP contribution < -0.4 is 0 Å². The zero-order valence-electron chi connectivity index (χ0n) is 7.86. The molecule has 1 rings (SSSR count). The zero-order chi connectivity index (χ0) is 8.43. The van der Waals surface area contributed by atoms with Crippen molar-refractivity contribution < 1.29 is 0 Å². The quantitative estimate of drug-likeness (QED) is 0.492. The fourth-order valence-electron chi connectivity index (χ4n) is 1.45. The van der Waals surface area contributed by atoms with Crippen LogP contribution in [0.25, 0.3) is 0 Å². The van der Waals surface area contributed by atoms with Crippen LogP contribution in [0, 0.1) is 0 Å². The van der Waals surface area contributed by atoms with E-state index in [2.05, 4.69) is 39.8 Å². The number of rotatable bonds is 0. The van der Waals surface area contributed by atoms with Crippen molar-refractivity contribution in [3.63, 3.8) is 0 Å². The van der Waals surface area contributed by atoms with Crippen LogP contribution >= 0.6 is 0 Å². The molecule has 0 unspecified atom stereocenters. The van der Waals surface area contributed by atoms with Crippen LogP contribution in [-0.4, -0.2) is 0 Å². The topological polar surface area (TPSA) is 0 Å². The molecular weight excluding hydrogens is 132 g/mol. The van der Waals surface area contributed by atoms with E-state index in [0.29, 0.717) is 0 Å². The summed E-state index contributed by atoms with van der Waals surface area (Å²) >= 11 is 0. The molecule has 0 heterocycles. The summed E-state index contributed by atoms with van der Waals surface area (Å²) in [6, 6.07) is 0. The second kappa shape index (κ2) is 3.08. The smallest absolute Gasteiger partial charge is 0.00889 e. The molecule has 0 spiro atoms. The molecule has 0 aromatic rings. The second-order valence-electron chi connectivity index (χ2n) is 3.50. The standard InChI is InChI=1S/C11H16/c1-8(2)10-6-5-7-11(10)9(3)4/h5-6H,7H2,1-4H3. The Bertz CT molecular complexity index is 241. The Labute approximate surface area is 69.3 Å². The predicted octanol–water partition coefficient (Wildman–Crippen LogP) is 3.62. The molecule has 0 radical (unpaired) electrons. The molecule has 0 aromatic carbocycles. The lowest BCUT2D eigenvalue weighted by Gasteiger charge is -2.05. The van der Waals surface area contributed by atoms with Gasteiger partial charge in [0, 0.05) is 0 Å². The maximum Gasteiger partial charge on any atom is -0.00889 e. The minimum atomic E-state index is 1.13. The minimum Gasteiger partial charge on any atom is -0.0795 e. The van der Waals surface area contributed by atoms with E-state index in [0.717, 1.165) is 6.42 Å². The minimum absolute atomic E-state index is 1.13. The summed E-state index contributed by atoms with van der Waals surface area (Å²) in [7, 11) is 0. The molecule has 60 valence electrons. The molecule has 1 aliphatic carbocycles. The molecule has 0 aromatic heterocycles. The Morgan fingerprint density at radius 2 is 1.73 bits per heavy atom. The van der Waals surface area contributed by atoms with Gasteiger partial charge in [0.15, 0.2) is 0 Å². The Kier molecular flexibility index (Phi) is 2.33. The van der Waals surface area contributed by atoms with E-state index >= 15 is 0 Å². The van der Waals surface area contributed by atoms with Crippen molar-refractivity contribution in [3.05, 3.63) is 34.4 Å². The average molecular weight is 148 g/mol.